The summed E-state index contributed by atoms with van der Waals surface area (Å²) in [6.45, 7) is 4.73. The molecule has 1 aliphatic heterocycles. The van der Waals surface area contributed by atoms with Gasteiger partial charge in [-0.25, -0.2) is 0 Å². The van der Waals surface area contributed by atoms with Gasteiger partial charge in [0.05, 0.1) is 52.7 Å². The van der Waals surface area contributed by atoms with Crippen molar-refractivity contribution in [2.24, 2.45) is 0 Å². The number of carbonyl (C=O) groups is 2. The maximum atomic E-state index is 12.1. The van der Waals surface area contributed by atoms with Crippen LogP contribution >= 0.6 is 0 Å². The SMILES string of the molecule is COc1ccccc1CC(=O)NNC(=O)CC[NH+]1CCN(c2ccccc2)CC1. The highest BCUT2D eigenvalue weighted by Crippen LogP contribution is 2.17. The number of rotatable bonds is 7. The minimum atomic E-state index is -0.272. The molecule has 0 spiro atoms. The molecule has 1 aliphatic rings. The fourth-order valence-corrected chi connectivity index (χ4v) is 3.53. The normalized spacial score (nSPS) is 14.3. The van der Waals surface area contributed by atoms with Crippen LogP contribution in [0.2, 0.25) is 0 Å². The molecule has 29 heavy (non-hydrogen) atoms. The predicted molar refractivity (Wildman–Crippen MR) is 112 cm³/mol. The Bertz CT molecular complexity index is 805. The van der Waals surface area contributed by atoms with Gasteiger partial charge in [0.1, 0.15) is 5.75 Å². The fraction of sp³-hybridized carbons (Fsp3) is 0.364. The minimum Gasteiger partial charge on any atom is -0.496 e. The molecule has 2 aromatic carbocycles. The second-order valence-electron chi connectivity index (χ2n) is 7.16. The van der Waals surface area contributed by atoms with Crippen LogP contribution in [0.5, 0.6) is 5.75 Å². The lowest BCUT2D eigenvalue weighted by Gasteiger charge is -2.33. The van der Waals surface area contributed by atoms with Gasteiger partial charge < -0.3 is 14.5 Å². The van der Waals surface area contributed by atoms with Gasteiger partial charge in [-0.15, -0.1) is 0 Å². The van der Waals surface area contributed by atoms with Gasteiger partial charge in [-0.05, 0) is 18.2 Å². The maximum Gasteiger partial charge on any atom is 0.244 e. The first-order valence-corrected chi connectivity index (χ1v) is 9.99. The van der Waals surface area contributed by atoms with Crippen LogP contribution in [0.15, 0.2) is 54.6 Å². The van der Waals surface area contributed by atoms with E-state index in [0.717, 1.165) is 38.3 Å². The van der Waals surface area contributed by atoms with E-state index in [-0.39, 0.29) is 18.2 Å². The van der Waals surface area contributed by atoms with Gasteiger partial charge in [-0.3, -0.25) is 20.4 Å². The molecular weight excluding hydrogens is 368 g/mol. The lowest BCUT2D eigenvalue weighted by molar-refractivity contribution is -0.900. The molecule has 0 bridgehead atoms. The molecule has 1 saturated heterocycles. The molecule has 1 heterocycles. The van der Waals surface area contributed by atoms with E-state index in [2.05, 4.69) is 40.0 Å². The summed E-state index contributed by atoms with van der Waals surface area (Å²) in [7, 11) is 1.57. The number of hydrogen-bond acceptors (Lipinski definition) is 4. The first-order valence-electron chi connectivity index (χ1n) is 9.99. The Kier molecular flexibility index (Phi) is 7.47. The molecule has 0 aliphatic carbocycles. The monoisotopic (exact) mass is 397 g/mol. The number of benzene rings is 2. The Morgan fingerprint density at radius 1 is 0.966 bits per heavy atom. The first-order chi connectivity index (χ1) is 14.2. The van der Waals surface area contributed by atoms with Crippen LogP contribution in [0.4, 0.5) is 5.69 Å². The third-order valence-corrected chi connectivity index (χ3v) is 5.18. The van der Waals surface area contributed by atoms with Gasteiger partial charge >= 0.3 is 0 Å². The predicted octanol–water partition coefficient (Wildman–Crippen LogP) is 0.180. The molecule has 154 valence electrons. The Morgan fingerprint density at radius 3 is 2.34 bits per heavy atom. The standard InChI is InChI=1S/C22H28N4O3/c1-29-20-10-6-5-7-18(20)17-22(28)24-23-21(27)11-12-25-13-15-26(16-14-25)19-8-3-2-4-9-19/h2-10H,11-17H2,1H3,(H,23,27)(H,24,28)/p+1. The second-order valence-corrected chi connectivity index (χ2v) is 7.16. The van der Waals surface area contributed by atoms with E-state index in [9.17, 15) is 9.59 Å². The van der Waals surface area contributed by atoms with Gasteiger partial charge in [-0.2, -0.15) is 0 Å². The van der Waals surface area contributed by atoms with E-state index in [4.69, 9.17) is 4.74 Å². The Labute approximate surface area is 171 Å². The lowest BCUT2D eigenvalue weighted by atomic mass is 10.1. The van der Waals surface area contributed by atoms with Crippen molar-refractivity contribution in [3.8, 4) is 5.75 Å². The number of anilines is 1. The number of piperazine rings is 1. The fourth-order valence-electron chi connectivity index (χ4n) is 3.53. The second kappa shape index (κ2) is 10.5. The summed E-state index contributed by atoms with van der Waals surface area (Å²) in [5, 5.41) is 0. The Morgan fingerprint density at radius 2 is 1.62 bits per heavy atom. The Hall–Kier alpha value is -3.06. The number of hydrazine groups is 1. The van der Waals surface area contributed by atoms with Gasteiger partial charge in [-0.1, -0.05) is 36.4 Å². The number of ether oxygens (including phenoxy) is 1. The summed E-state index contributed by atoms with van der Waals surface area (Å²) in [5.41, 5.74) is 7.03. The number of methoxy groups -OCH3 is 1. The molecule has 2 amide bonds. The molecule has 0 atom stereocenters. The van der Waals surface area contributed by atoms with Crippen LogP contribution in [0.1, 0.15) is 12.0 Å². The summed E-state index contributed by atoms with van der Waals surface area (Å²) in [6.07, 6.45) is 0.534. The molecular formula is C22H29N4O3+. The van der Waals surface area contributed by atoms with E-state index >= 15 is 0 Å². The van der Waals surface area contributed by atoms with Crippen LogP contribution < -0.4 is 25.4 Å². The van der Waals surface area contributed by atoms with E-state index < -0.39 is 0 Å². The number of quaternary nitrogens is 1. The molecule has 7 heteroatoms. The summed E-state index contributed by atoms with van der Waals surface area (Å²) in [5.74, 6) is 0.218. The molecule has 3 rings (SSSR count). The number of para-hydroxylation sites is 2. The van der Waals surface area contributed by atoms with Crippen molar-refractivity contribution in [1.29, 1.82) is 0 Å². The lowest BCUT2D eigenvalue weighted by Crippen LogP contribution is -3.15. The van der Waals surface area contributed by atoms with E-state index in [1.807, 2.05) is 30.3 Å². The third kappa shape index (κ3) is 6.22. The van der Waals surface area contributed by atoms with Crippen molar-refractivity contribution in [3.05, 3.63) is 60.2 Å². The number of carbonyl (C=O) groups excluding carboxylic acids is 2. The molecule has 2 aromatic rings. The van der Waals surface area contributed by atoms with Crippen LogP contribution in [0.25, 0.3) is 0 Å². The zero-order chi connectivity index (χ0) is 20.5. The average Bonchev–Trinajstić information content (AvgIpc) is 2.77. The van der Waals surface area contributed by atoms with Crippen molar-refractivity contribution in [3.63, 3.8) is 0 Å². The molecule has 0 radical (unpaired) electrons. The average molecular weight is 397 g/mol. The topological polar surface area (TPSA) is 75.1 Å². The molecule has 0 unspecified atom stereocenters. The summed E-state index contributed by atoms with van der Waals surface area (Å²) < 4.78 is 5.24. The van der Waals surface area contributed by atoms with Gasteiger partial charge in [0, 0.05) is 11.3 Å². The summed E-state index contributed by atoms with van der Waals surface area (Å²) >= 11 is 0. The van der Waals surface area contributed by atoms with Crippen molar-refractivity contribution in [2.45, 2.75) is 12.8 Å². The van der Waals surface area contributed by atoms with Gasteiger partial charge in [0.15, 0.2) is 0 Å². The van der Waals surface area contributed by atoms with E-state index in [0.29, 0.717) is 12.2 Å². The molecule has 0 aromatic heterocycles. The van der Waals surface area contributed by atoms with Crippen molar-refractivity contribution >= 4 is 17.5 Å². The first kappa shape index (κ1) is 20.7. The van der Waals surface area contributed by atoms with Crippen molar-refractivity contribution in [2.75, 3.05) is 44.7 Å². The van der Waals surface area contributed by atoms with Crippen LogP contribution in [0.3, 0.4) is 0 Å². The highest BCUT2D eigenvalue weighted by atomic mass is 16.5. The number of nitrogens with one attached hydrogen (secondary N) is 3. The quantitative estimate of drug-likeness (QED) is 0.583. The molecule has 3 N–H and O–H groups in total. The molecule has 7 nitrogen and oxygen atoms in total. The number of hydrogen-bond donors (Lipinski definition) is 3. The third-order valence-electron chi connectivity index (χ3n) is 5.18. The zero-order valence-corrected chi connectivity index (χ0v) is 16.8. The highest BCUT2D eigenvalue weighted by Gasteiger charge is 2.20. The zero-order valence-electron chi connectivity index (χ0n) is 16.8. The molecule has 0 saturated carbocycles. The van der Waals surface area contributed by atoms with Crippen LogP contribution in [-0.2, 0) is 16.0 Å². The van der Waals surface area contributed by atoms with Crippen molar-refractivity contribution < 1.29 is 19.2 Å². The summed E-state index contributed by atoms with van der Waals surface area (Å²) in [6, 6.07) is 17.7. The smallest absolute Gasteiger partial charge is 0.244 e. The number of amides is 2. The van der Waals surface area contributed by atoms with Gasteiger partial charge in [0.2, 0.25) is 11.8 Å². The number of nitrogens with zero attached hydrogens (tertiary/aromatic N) is 1. The maximum absolute atomic E-state index is 12.1. The van der Waals surface area contributed by atoms with Crippen LogP contribution in [0, 0.1) is 0 Å². The Balaban J connectivity index is 1.34. The highest BCUT2D eigenvalue weighted by molar-refractivity contribution is 5.83. The summed E-state index contributed by atoms with van der Waals surface area (Å²) in [4.78, 5) is 27.9. The van der Waals surface area contributed by atoms with E-state index in [1.165, 1.54) is 10.6 Å². The van der Waals surface area contributed by atoms with Crippen molar-refractivity contribution in [1.82, 2.24) is 10.9 Å². The van der Waals surface area contributed by atoms with Gasteiger partial charge in [0.25, 0.3) is 0 Å². The van der Waals surface area contributed by atoms with Crippen LogP contribution in [-0.4, -0.2) is 51.6 Å². The molecule has 1 fully saturated rings. The minimum absolute atomic E-state index is 0.150. The van der Waals surface area contributed by atoms with E-state index in [1.54, 1.807) is 7.11 Å². The largest absolute Gasteiger partial charge is 0.496 e.